The van der Waals surface area contributed by atoms with Crippen molar-refractivity contribution < 1.29 is 14.2 Å². The molecule has 0 atom stereocenters. The van der Waals surface area contributed by atoms with Gasteiger partial charge in [0.15, 0.2) is 17.3 Å². The minimum absolute atomic E-state index is 0.0293. The molecule has 0 unspecified atom stereocenters. The van der Waals surface area contributed by atoms with Crippen LogP contribution in [0, 0.1) is 10.6 Å². The first-order valence-electron chi connectivity index (χ1n) is 6.94. The molecule has 3 aromatic rings. The van der Waals surface area contributed by atoms with E-state index in [1.54, 1.807) is 30.3 Å². The summed E-state index contributed by atoms with van der Waals surface area (Å²) in [5.74, 6) is 0.194. The molecule has 0 aliphatic rings. The number of rotatable bonds is 4. The van der Waals surface area contributed by atoms with Crippen molar-refractivity contribution in [2.24, 2.45) is 5.10 Å². The van der Waals surface area contributed by atoms with Crippen molar-refractivity contribution in [3.63, 3.8) is 0 Å². The third-order valence-corrected chi connectivity index (χ3v) is 3.56. The summed E-state index contributed by atoms with van der Waals surface area (Å²) in [5, 5.41) is 20.5. The molecule has 0 saturated heterocycles. The first-order chi connectivity index (χ1) is 11.6. The molecule has 2 N–H and O–H groups in total. The Balaban J connectivity index is 2.01. The van der Waals surface area contributed by atoms with E-state index < -0.39 is 5.82 Å². The molecule has 0 bridgehead atoms. The zero-order valence-corrected chi connectivity index (χ0v) is 13.4. The van der Waals surface area contributed by atoms with E-state index in [4.69, 9.17) is 17.0 Å². The summed E-state index contributed by atoms with van der Waals surface area (Å²) in [7, 11) is 1.46. The van der Waals surface area contributed by atoms with Gasteiger partial charge in [-0.05, 0) is 48.1 Å². The standard InChI is InChI=1S/C16H13FN4O2S/c1-23-14-8-10(6-7-13(14)22)9-18-21-15(19-20-16(21)24)11-4-2-3-5-12(11)17/h2-9,22H,1H3,(H,20,24). The normalized spacial score (nSPS) is 11.1. The van der Waals surface area contributed by atoms with Crippen LogP contribution < -0.4 is 4.74 Å². The molecule has 6 nitrogen and oxygen atoms in total. The van der Waals surface area contributed by atoms with Crippen LogP contribution in [0.2, 0.25) is 0 Å². The molecule has 0 saturated carbocycles. The minimum Gasteiger partial charge on any atom is -0.504 e. The number of H-pyrrole nitrogens is 1. The number of aromatic amines is 1. The molecule has 3 rings (SSSR count). The predicted molar refractivity (Wildman–Crippen MR) is 90.5 cm³/mol. The van der Waals surface area contributed by atoms with Crippen LogP contribution in [0.5, 0.6) is 11.5 Å². The number of benzene rings is 2. The molecule has 0 aliphatic carbocycles. The van der Waals surface area contributed by atoms with E-state index in [-0.39, 0.29) is 21.9 Å². The van der Waals surface area contributed by atoms with Crippen LogP contribution in [0.1, 0.15) is 5.56 Å². The number of aromatic nitrogens is 3. The maximum atomic E-state index is 14.0. The Kier molecular flexibility index (Phi) is 4.39. The molecule has 122 valence electrons. The minimum atomic E-state index is -0.422. The highest BCUT2D eigenvalue weighted by atomic mass is 32.1. The van der Waals surface area contributed by atoms with Crippen LogP contribution >= 0.6 is 12.2 Å². The van der Waals surface area contributed by atoms with Gasteiger partial charge in [-0.1, -0.05) is 12.1 Å². The number of halogens is 1. The van der Waals surface area contributed by atoms with E-state index in [9.17, 15) is 9.50 Å². The third-order valence-electron chi connectivity index (χ3n) is 3.29. The number of phenolic OH excluding ortho intramolecular Hbond substituents is 1. The summed E-state index contributed by atoms with van der Waals surface area (Å²) in [4.78, 5) is 0. The smallest absolute Gasteiger partial charge is 0.216 e. The highest BCUT2D eigenvalue weighted by Gasteiger charge is 2.12. The second-order valence-corrected chi connectivity index (χ2v) is 5.21. The quantitative estimate of drug-likeness (QED) is 0.562. The zero-order valence-electron chi connectivity index (χ0n) is 12.6. The molecule has 0 spiro atoms. The zero-order chi connectivity index (χ0) is 17.1. The lowest BCUT2D eigenvalue weighted by molar-refractivity contribution is 0.373. The number of hydrogen-bond acceptors (Lipinski definition) is 5. The summed E-state index contributed by atoms with van der Waals surface area (Å²) >= 11 is 5.14. The van der Waals surface area contributed by atoms with Crippen molar-refractivity contribution in [3.8, 4) is 22.9 Å². The van der Waals surface area contributed by atoms with Crippen LogP contribution in [0.15, 0.2) is 47.6 Å². The van der Waals surface area contributed by atoms with Gasteiger partial charge in [0.05, 0.1) is 18.9 Å². The van der Waals surface area contributed by atoms with E-state index in [2.05, 4.69) is 15.3 Å². The Morgan fingerprint density at radius 3 is 2.88 bits per heavy atom. The topological polar surface area (TPSA) is 75.4 Å². The summed E-state index contributed by atoms with van der Waals surface area (Å²) in [6, 6.07) is 11.0. The van der Waals surface area contributed by atoms with Crippen molar-refractivity contribution in [2.75, 3.05) is 7.11 Å². The maximum Gasteiger partial charge on any atom is 0.216 e. The first kappa shape index (κ1) is 15.9. The molecule has 0 aliphatic heterocycles. The highest BCUT2D eigenvalue weighted by Crippen LogP contribution is 2.26. The van der Waals surface area contributed by atoms with Gasteiger partial charge < -0.3 is 9.84 Å². The Morgan fingerprint density at radius 1 is 1.33 bits per heavy atom. The van der Waals surface area contributed by atoms with Crippen molar-refractivity contribution in [2.45, 2.75) is 0 Å². The van der Waals surface area contributed by atoms with Gasteiger partial charge in [0, 0.05) is 0 Å². The van der Waals surface area contributed by atoms with Crippen molar-refractivity contribution in [1.29, 1.82) is 0 Å². The van der Waals surface area contributed by atoms with Crippen LogP contribution in [-0.4, -0.2) is 33.3 Å². The van der Waals surface area contributed by atoms with Crippen LogP contribution in [0.3, 0.4) is 0 Å². The molecular weight excluding hydrogens is 331 g/mol. The number of nitrogens with one attached hydrogen (secondary N) is 1. The fraction of sp³-hybridized carbons (Fsp3) is 0.0625. The fourth-order valence-electron chi connectivity index (χ4n) is 2.11. The van der Waals surface area contributed by atoms with E-state index in [1.807, 2.05) is 0 Å². The van der Waals surface area contributed by atoms with E-state index in [1.165, 1.54) is 30.1 Å². The average Bonchev–Trinajstić information content (AvgIpc) is 2.95. The van der Waals surface area contributed by atoms with E-state index >= 15 is 0 Å². The monoisotopic (exact) mass is 344 g/mol. The highest BCUT2D eigenvalue weighted by molar-refractivity contribution is 7.71. The Hall–Kier alpha value is -3.00. The van der Waals surface area contributed by atoms with Crippen LogP contribution in [0.4, 0.5) is 4.39 Å². The molecule has 8 heteroatoms. The predicted octanol–water partition coefficient (Wildman–Crippen LogP) is 3.34. The molecule has 0 radical (unpaired) electrons. The number of hydrogen-bond donors (Lipinski definition) is 2. The van der Waals surface area contributed by atoms with Crippen molar-refractivity contribution >= 4 is 18.4 Å². The summed E-state index contributed by atoms with van der Waals surface area (Å²) in [6.45, 7) is 0. The van der Waals surface area contributed by atoms with Gasteiger partial charge in [-0.3, -0.25) is 0 Å². The molecule has 2 aromatic carbocycles. The molecule has 1 heterocycles. The van der Waals surface area contributed by atoms with Gasteiger partial charge in [0.2, 0.25) is 4.77 Å². The van der Waals surface area contributed by atoms with E-state index in [0.717, 1.165) is 0 Å². The van der Waals surface area contributed by atoms with Gasteiger partial charge >= 0.3 is 0 Å². The maximum absolute atomic E-state index is 14.0. The lowest BCUT2D eigenvalue weighted by Gasteiger charge is -2.04. The molecule has 24 heavy (non-hydrogen) atoms. The lowest BCUT2D eigenvalue weighted by Crippen LogP contribution is -1.97. The molecule has 0 fully saturated rings. The van der Waals surface area contributed by atoms with Gasteiger partial charge in [-0.25, -0.2) is 9.49 Å². The summed E-state index contributed by atoms with van der Waals surface area (Å²) in [6.07, 6.45) is 1.51. The van der Waals surface area contributed by atoms with Gasteiger partial charge in [0.1, 0.15) is 5.82 Å². The second kappa shape index (κ2) is 6.63. The number of aromatic hydroxyl groups is 1. The Labute approximate surface area is 141 Å². The van der Waals surface area contributed by atoms with Crippen LogP contribution in [0.25, 0.3) is 11.4 Å². The Bertz CT molecular complexity index is 965. The summed E-state index contributed by atoms with van der Waals surface area (Å²) in [5.41, 5.74) is 0.956. The largest absolute Gasteiger partial charge is 0.504 e. The molecule has 0 amide bonds. The Morgan fingerprint density at radius 2 is 2.12 bits per heavy atom. The second-order valence-electron chi connectivity index (χ2n) is 4.82. The fourth-order valence-corrected chi connectivity index (χ4v) is 2.29. The van der Waals surface area contributed by atoms with E-state index in [0.29, 0.717) is 11.3 Å². The van der Waals surface area contributed by atoms with Crippen molar-refractivity contribution in [3.05, 3.63) is 58.6 Å². The van der Waals surface area contributed by atoms with Gasteiger partial charge in [-0.15, -0.1) is 0 Å². The molecule has 1 aromatic heterocycles. The number of nitrogens with zero attached hydrogens (tertiary/aromatic N) is 3. The van der Waals surface area contributed by atoms with Gasteiger partial charge in [0.25, 0.3) is 0 Å². The number of methoxy groups -OCH3 is 1. The van der Waals surface area contributed by atoms with Crippen molar-refractivity contribution in [1.82, 2.24) is 14.9 Å². The average molecular weight is 344 g/mol. The molecular formula is C16H13FN4O2S. The number of phenols is 1. The lowest BCUT2D eigenvalue weighted by atomic mass is 10.2. The third kappa shape index (κ3) is 3.04. The SMILES string of the molecule is COc1cc(C=Nn2c(-c3ccccc3F)n[nH]c2=S)ccc1O. The van der Waals surface area contributed by atoms with Crippen LogP contribution in [-0.2, 0) is 0 Å². The van der Waals surface area contributed by atoms with Gasteiger partial charge in [-0.2, -0.15) is 14.9 Å². The summed E-state index contributed by atoms with van der Waals surface area (Å²) < 4.78 is 20.6. The number of ether oxygens (including phenoxy) is 1. The first-order valence-corrected chi connectivity index (χ1v) is 7.34.